The van der Waals surface area contributed by atoms with Crippen LogP contribution >= 0.6 is 15.9 Å². The molecule has 0 spiro atoms. The number of hydrogen-bond acceptors (Lipinski definition) is 1. The third kappa shape index (κ3) is 2.05. The van der Waals surface area contributed by atoms with Gasteiger partial charge in [0.1, 0.15) is 5.82 Å². The fourth-order valence-electron chi connectivity index (χ4n) is 1.000. The number of hydrogen-bond donors (Lipinski definition) is 1. The molecule has 0 radical (unpaired) electrons. The molecular formula is C9H10BrFO. The Morgan fingerprint density at radius 1 is 1.58 bits per heavy atom. The van der Waals surface area contributed by atoms with Crippen LogP contribution in [0.3, 0.4) is 0 Å². The van der Waals surface area contributed by atoms with Crippen LogP contribution in [0.15, 0.2) is 22.7 Å². The molecule has 0 fully saturated rings. The quantitative estimate of drug-likeness (QED) is 0.832. The van der Waals surface area contributed by atoms with E-state index < -0.39 is 0 Å². The van der Waals surface area contributed by atoms with Crippen LogP contribution in [-0.4, -0.2) is 11.7 Å². The molecule has 0 saturated heterocycles. The van der Waals surface area contributed by atoms with Crippen molar-refractivity contribution in [1.29, 1.82) is 0 Å². The van der Waals surface area contributed by atoms with Gasteiger partial charge >= 0.3 is 0 Å². The Morgan fingerprint density at radius 2 is 2.25 bits per heavy atom. The number of aliphatic hydroxyl groups excluding tert-OH is 1. The first-order valence-corrected chi connectivity index (χ1v) is 4.50. The Labute approximate surface area is 79.4 Å². The summed E-state index contributed by atoms with van der Waals surface area (Å²) in [5.74, 6) is -0.226. The topological polar surface area (TPSA) is 20.2 Å². The van der Waals surface area contributed by atoms with E-state index in [0.29, 0.717) is 4.47 Å². The molecule has 0 aromatic heterocycles. The predicted molar refractivity (Wildman–Crippen MR) is 49.6 cm³/mol. The summed E-state index contributed by atoms with van der Waals surface area (Å²) in [4.78, 5) is 0. The Morgan fingerprint density at radius 3 is 2.75 bits per heavy atom. The van der Waals surface area contributed by atoms with E-state index in [1.807, 2.05) is 6.92 Å². The smallest absolute Gasteiger partial charge is 0.124 e. The van der Waals surface area contributed by atoms with Crippen molar-refractivity contribution in [3.05, 3.63) is 34.1 Å². The highest BCUT2D eigenvalue weighted by atomic mass is 79.9. The van der Waals surface area contributed by atoms with E-state index >= 15 is 0 Å². The van der Waals surface area contributed by atoms with E-state index in [2.05, 4.69) is 15.9 Å². The van der Waals surface area contributed by atoms with Gasteiger partial charge in [-0.3, -0.25) is 0 Å². The van der Waals surface area contributed by atoms with Crippen LogP contribution in [0.4, 0.5) is 4.39 Å². The highest BCUT2D eigenvalue weighted by Gasteiger charge is 2.08. The van der Waals surface area contributed by atoms with Gasteiger partial charge in [-0.15, -0.1) is 0 Å². The molecular weight excluding hydrogens is 223 g/mol. The molecule has 1 atom stereocenters. The van der Waals surface area contributed by atoms with Crippen molar-refractivity contribution < 1.29 is 9.50 Å². The normalized spacial score (nSPS) is 13.0. The molecule has 0 aliphatic carbocycles. The fourth-order valence-corrected chi connectivity index (χ4v) is 1.74. The summed E-state index contributed by atoms with van der Waals surface area (Å²) in [7, 11) is 0. The maximum Gasteiger partial charge on any atom is 0.124 e. The van der Waals surface area contributed by atoms with Crippen LogP contribution in [0.1, 0.15) is 18.4 Å². The van der Waals surface area contributed by atoms with Crippen LogP contribution in [0.2, 0.25) is 0 Å². The molecule has 0 amide bonds. The summed E-state index contributed by atoms with van der Waals surface area (Å²) >= 11 is 3.24. The lowest BCUT2D eigenvalue weighted by Gasteiger charge is -2.09. The molecule has 0 saturated carbocycles. The monoisotopic (exact) mass is 232 g/mol. The van der Waals surface area contributed by atoms with Crippen molar-refractivity contribution in [2.24, 2.45) is 0 Å². The number of rotatable bonds is 2. The van der Waals surface area contributed by atoms with Crippen molar-refractivity contribution in [3.8, 4) is 0 Å². The van der Waals surface area contributed by atoms with E-state index in [-0.39, 0.29) is 18.3 Å². The van der Waals surface area contributed by atoms with E-state index in [1.54, 1.807) is 6.07 Å². The molecule has 0 aliphatic heterocycles. The van der Waals surface area contributed by atoms with Gasteiger partial charge in [0, 0.05) is 17.0 Å². The second kappa shape index (κ2) is 4.01. The van der Waals surface area contributed by atoms with Crippen LogP contribution in [-0.2, 0) is 0 Å². The minimum Gasteiger partial charge on any atom is -0.396 e. The molecule has 1 unspecified atom stereocenters. The highest BCUT2D eigenvalue weighted by molar-refractivity contribution is 9.10. The van der Waals surface area contributed by atoms with Crippen LogP contribution in [0, 0.1) is 5.82 Å². The Hall–Kier alpha value is -0.410. The lowest BCUT2D eigenvalue weighted by molar-refractivity contribution is 0.272. The molecule has 0 aliphatic rings. The zero-order valence-corrected chi connectivity index (χ0v) is 8.31. The predicted octanol–water partition coefficient (Wildman–Crippen LogP) is 2.68. The third-order valence-electron chi connectivity index (χ3n) is 1.77. The van der Waals surface area contributed by atoms with E-state index in [1.165, 1.54) is 12.1 Å². The van der Waals surface area contributed by atoms with Gasteiger partial charge in [0.25, 0.3) is 0 Å². The van der Waals surface area contributed by atoms with Crippen molar-refractivity contribution in [2.75, 3.05) is 6.61 Å². The molecule has 1 aromatic carbocycles. The largest absolute Gasteiger partial charge is 0.396 e. The lowest BCUT2D eigenvalue weighted by atomic mass is 10.0. The van der Waals surface area contributed by atoms with E-state index in [9.17, 15) is 4.39 Å². The highest BCUT2D eigenvalue weighted by Crippen LogP contribution is 2.24. The van der Waals surface area contributed by atoms with E-state index in [4.69, 9.17) is 5.11 Å². The minimum atomic E-state index is -0.268. The summed E-state index contributed by atoms with van der Waals surface area (Å²) in [5, 5.41) is 8.87. The van der Waals surface area contributed by atoms with Crippen molar-refractivity contribution in [3.63, 3.8) is 0 Å². The van der Waals surface area contributed by atoms with Crippen molar-refractivity contribution >= 4 is 15.9 Å². The first-order chi connectivity index (χ1) is 5.65. The summed E-state index contributed by atoms with van der Waals surface area (Å²) in [6.07, 6.45) is 0. The van der Waals surface area contributed by atoms with E-state index in [0.717, 1.165) is 5.56 Å². The summed E-state index contributed by atoms with van der Waals surface area (Å²) in [6, 6.07) is 4.48. The van der Waals surface area contributed by atoms with Crippen molar-refractivity contribution in [1.82, 2.24) is 0 Å². The molecule has 0 heterocycles. The summed E-state index contributed by atoms with van der Waals surface area (Å²) in [6.45, 7) is 1.96. The standard InChI is InChI=1S/C9H10BrFO/c1-6(5-12)8-3-2-7(11)4-9(8)10/h2-4,6,12H,5H2,1H3. The van der Waals surface area contributed by atoms with Crippen molar-refractivity contribution in [2.45, 2.75) is 12.8 Å². The number of halogens is 2. The molecule has 3 heteroatoms. The Balaban J connectivity index is 3.01. The maximum atomic E-state index is 12.6. The molecule has 66 valence electrons. The van der Waals surface area contributed by atoms with Crippen LogP contribution in [0.5, 0.6) is 0 Å². The zero-order chi connectivity index (χ0) is 9.14. The van der Waals surface area contributed by atoms with Gasteiger partial charge in [-0.1, -0.05) is 28.9 Å². The van der Waals surface area contributed by atoms with Gasteiger partial charge in [-0.25, -0.2) is 4.39 Å². The van der Waals surface area contributed by atoms with Gasteiger partial charge in [-0.05, 0) is 17.7 Å². The van der Waals surface area contributed by atoms with Crippen LogP contribution < -0.4 is 0 Å². The Bertz CT molecular complexity index is 275. The summed E-state index contributed by atoms with van der Waals surface area (Å²) in [5.41, 5.74) is 0.930. The Kier molecular flexibility index (Phi) is 3.23. The number of benzene rings is 1. The molecule has 1 aromatic rings. The van der Waals surface area contributed by atoms with Gasteiger partial charge in [0.15, 0.2) is 0 Å². The first-order valence-electron chi connectivity index (χ1n) is 3.71. The average molecular weight is 233 g/mol. The van der Waals surface area contributed by atoms with Gasteiger partial charge in [0.05, 0.1) is 0 Å². The molecule has 0 bridgehead atoms. The second-order valence-electron chi connectivity index (χ2n) is 2.75. The molecule has 1 rings (SSSR count). The number of aliphatic hydroxyl groups is 1. The van der Waals surface area contributed by atoms with Gasteiger partial charge < -0.3 is 5.11 Å². The SMILES string of the molecule is CC(CO)c1ccc(F)cc1Br. The second-order valence-corrected chi connectivity index (χ2v) is 3.60. The maximum absolute atomic E-state index is 12.6. The third-order valence-corrected chi connectivity index (χ3v) is 2.45. The molecule has 1 nitrogen and oxygen atoms in total. The molecule has 1 N–H and O–H groups in total. The fraction of sp³-hybridized carbons (Fsp3) is 0.333. The zero-order valence-electron chi connectivity index (χ0n) is 6.72. The lowest BCUT2D eigenvalue weighted by Crippen LogP contribution is -1.99. The van der Waals surface area contributed by atoms with Gasteiger partial charge in [0.2, 0.25) is 0 Å². The minimum absolute atomic E-state index is 0.0416. The van der Waals surface area contributed by atoms with Crippen LogP contribution in [0.25, 0.3) is 0 Å². The molecule has 12 heavy (non-hydrogen) atoms. The summed E-state index contributed by atoms with van der Waals surface area (Å²) < 4.78 is 13.3. The van der Waals surface area contributed by atoms with Gasteiger partial charge in [-0.2, -0.15) is 0 Å². The average Bonchev–Trinajstić information content (AvgIpc) is 2.03. The first kappa shape index (κ1) is 9.68.